The Bertz CT molecular complexity index is 571. The molecule has 0 N–H and O–H groups in total. The van der Waals surface area contributed by atoms with Gasteiger partial charge < -0.3 is 4.74 Å². The third-order valence-corrected chi connectivity index (χ3v) is 5.27. The van der Waals surface area contributed by atoms with E-state index in [4.69, 9.17) is 4.74 Å². The van der Waals surface area contributed by atoms with Crippen LogP contribution in [-0.2, 0) is 4.74 Å². The second-order valence-corrected chi connectivity index (χ2v) is 6.25. The lowest BCUT2D eigenvalue weighted by molar-refractivity contribution is 0.0619. The predicted molar refractivity (Wildman–Crippen MR) is 83.8 cm³/mol. The molecule has 2 aliphatic heterocycles. The molecule has 0 aliphatic carbocycles. The number of hydrogen-bond donors (Lipinski definition) is 0. The van der Waals surface area contributed by atoms with Crippen molar-refractivity contribution in [2.45, 2.75) is 51.7 Å². The average Bonchev–Trinajstić information content (AvgIpc) is 3.24. The molecule has 0 radical (unpaired) electrons. The number of hydrogen-bond acceptors (Lipinski definition) is 3. The van der Waals surface area contributed by atoms with Gasteiger partial charge in [0.2, 0.25) is 0 Å². The molecule has 2 amide bonds. The molecule has 0 spiro atoms. The summed E-state index contributed by atoms with van der Waals surface area (Å²) in [5.41, 5.74) is 1.01. The maximum Gasteiger partial charge on any atom is 0.261 e. The van der Waals surface area contributed by atoms with Crippen molar-refractivity contribution in [3.05, 3.63) is 35.4 Å². The Morgan fingerprint density at radius 2 is 1.64 bits per heavy atom. The summed E-state index contributed by atoms with van der Waals surface area (Å²) in [6.07, 6.45) is 3.02. The zero-order chi connectivity index (χ0) is 15.9. The first-order valence-electron chi connectivity index (χ1n) is 8.21. The van der Waals surface area contributed by atoms with Crippen LogP contribution in [0.1, 0.15) is 60.7 Å². The van der Waals surface area contributed by atoms with Gasteiger partial charge in [-0.3, -0.25) is 14.5 Å². The smallest absolute Gasteiger partial charge is 0.261 e. The van der Waals surface area contributed by atoms with Gasteiger partial charge in [0.15, 0.2) is 0 Å². The Kier molecular flexibility index (Phi) is 3.81. The fourth-order valence-electron chi connectivity index (χ4n) is 3.64. The van der Waals surface area contributed by atoms with Crippen LogP contribution in [0.4, 0.5) is 0 Å². The van der Waals surface area contributed by atoms with Crippen molar-refractivity contribution < 1.29 is 14.3 Å². The third kappa shape index (κ3) is 2.17. The minimum Gasteiger partial charge on any atom is -0.366 e. The first kappa shape index (κ1) is 15.2. The molecule has 3 rings (SSSR count). The Morgan fingerprint density at radius 1 is 1.09 bits per heavy atom. The fourth-order valence-corrected chi connectivity index (χ4v) is 3.64. The van der Waals surface area contributed by atoms with Crippen LogP contribution in [0.3, 0.4) is 0 Å². The topological polar surface area (TPSA) is 49.9 Å². The van der Waals surface area contributed by atoms with Gasteiger partial charge in [-0.15, -0.1) is 0 Å². The maximum absolute atomic E-state index is 12.5. The second kappa shape index (κ2) is 5.51. The van der Waals surface area contributed by atoms with E-state index < -0.39 is 0 Å². The van der Waals surface area contributed by atoms with E-state index in [0.29, 0.717) is 17.7 Å². The quantitative estimate of drug-likeness (QED) is 0.598. The van der Waals surface area contributed by atoms with E-state index in [1.165, 1.54) is 4.90 Å². The lowest BCUT2D eigenvalue weighted by atomic mass is 9.89. The molecule has 1 saturated heterocycles. The second-order valence-electron chi connectivity index (χ2n) is 6.25. The molecule has 2 atom stereocenters. The molecule has 4 heteroatoms. The van der Waals surface area contributed by atoms with Gasteiger partial charge in [0.25, 0.3) is 11.8 Å². The highest BCUT2D eigenvalue weighted by Gasteiger charge is 2.57. The van der Waals surface area contributed by atoms with Crippen LogP contribution < -0.4 is 0 Å². The molecule has 0 aromatic heterocycles. The van der Waals surface area contributed by atoms with Crippen LogP contribution in [0, 0.1) is 5.92 Å². The maximum atomic E-state index is 12.5. The van der Waals surface area contributed by atoms with Crippen molar-refractivity contribution in [2.24, 2.45) is 5.92 Å². The van der Waals surface area contributed by atoms with Crippen LogP contribution in [0.5, 0.6) is 0 Å². The van der Waals surface area contributed by atoms with Crippen molar-refractivity contribution in [3.63, 3.8) is 0 Å². The first-order chi connectivity index (χ1) is 10.6. The number of epoxide rings is 1. The van der Waals surface area contributed by atoms with Crippen LogP contribution in [0.25, 0.3) is 0 Å². The molecular formula is C18H23NO3. The normalized spacial score (nSPS) is 23.6. The number of rotatable bonds is 6. The minimum atomic E-state index is -0.168. The average molecular weight is 301 g/mol. The summed E-state index contributed by atoms with van der Waals surface area (Å²) in [6, 6.07) is 7.06. The van der Waals surface area contributed by atoms with Crippen molar-refractivity contribution in [3.8, 4) is 0 Å². The SMILES string of the molecule is CCC(CN1C(=O)c2ccccc2C1=O)C1OC1(CC)CC. The molecule has 2 unspecified atom stereocenters. The van der Waals surface area contributed by atoms with Crippen LogP contribution >= 0.6 is 0 Å². The number of benzene rings is 1. The van der Waals surface area contributed by atoms with Gasteiger partial charge in [-0.25, -0.2) is 0 Å². The van der Waals surface area contributed by atoms with Gasteiger partial charge in [-0.2, -0.15) is 0 Å². The Morgan fingerprint density at radius 3 is 2.05 bits per heavy atom. The zero-order valence-corrected chi connectivity index (χ0v) is 13.5. The Hall–Kier alpha value is -1.68. The van der Waals surface area contributed by atoms with Crippen LogP contribution in [0.2, 0.25) is 0 Å². The van der Waals surface area contributed by atoms with Crippen molar-refractivity contribution in [2.75, 3.05) is 6.54 Å². The summed E-state index contributed by atoms with van der Waals surface area (Å²) in [7, 11) is 0. The van der Waals surface area contributed by atoms with Gasteiger partial charge in [-0.05, 0) is 31.4 Å². The zero-order valence-electron chi connectivity index (χ0n) is 13.5. The molecule has 1 fully saturated rings. The summed E-state index contributed by atoms with van der Waals surface area (Å²) in [4.78, 5) is 26.3. The standard InChI is InChI=1S/C18H23NO3/c1-4-12(15-18(5-2,6-3)22-15)11-19-16(20)13-9-7-8-10-14(13)17(19)21/h7-10,12,15H,4-6,11H2,1-3H3. The number of ether oxygens (including phenoxy) is 1. The highest BCUT2D eigenvalue weighted by atomic mass is 16.6. The van der Waals surface area contributed by atoms with Crippen molar-refractivity contribution in [1.82, 2.24) is 4.90 Å². The number of fused-ring (bicyclic) bond motifs is 1. The number of carbonyl (C=O) groups excluding carboxylic acids is 2. The van der Waals surface area contributed by atoms with E-state index in [2.05, 4.69) is 20.8 Å². The predicted octanol–water partition coefficient (Wildman–Crippen LogP) is 3.27. The fraction of sp³-hybridized carbons (Fsp3) is 0.556. The van der Waals surface area contributed by atoms with Crippen molar-refractivity contribution >= 4 is 11.8 Å². The monoisotopic (exact) mass is 301 g/mol. The van der Waals surface area contributed by atoms with Gasteiger partial charge in [0.1, 0.15) is 0 Å². The lowest BCUT2D eigenvalue weighted by Crippen LogP contribution is -2.37. The molecule has 1 aromatic rings. The van der Waals surface area contributed by atoms with E-state index in [0.717, 1.165) is 19.3 Å². The van der Waals surface area contributed by atoms with E-state index in [1.54, 1.807) is 24.3 Å². The van der Waals surface area contributed by atoms with E-state index in [1.807, 2.05) is 0 Å². The molecule has 1 aromatic carbocycles. The molecule has 0 bridgehead atoms. The van der Waals surface area contributed by atoms with Gasteiger partial charge in [0, 0.05) is 12.5 Å². The summed E-state index contributed by atoms with van der Waals surface area (Å²) in [5, 5.41) is 0. The number of carbonyl (C=O) groups is 2. The molecule has 0 saturated carbocycles. The third-order valence-electron chi connectivity index (χ3n) is 5.27. The van der Waals surface area contributed by atoms with Gasteiger partial charge in [0.05, 0.1) is 22.8 Å². The number of imide groups is 1. The van der Waals surface area contributed by atoms with Gasteiger partial charge in [-0.1, -0.05) is 32.9 Å². The molecule has 118 valence electrons. The summed E-state index contributed by atoms with van der Waals surface area (Å²) in [6.45, 7) is 6.83. The summed E-state index contributed by atoms with van der Waals surface area (Å²) >= 11 is 0. The highest BCUT2D eigenvalue weighted by Crippen LogP contribution is 2.48. The number of nitrogens with zero attached hydrogens (tertiary/aromatic N) is 1. The Labute approximate surface area is 131 Å². The minimum absolute atomic E-state index is 0.0423. The molecule has 2 heterocycles. The number of amides is 2. The summed E-state index contributed by atoms with van der Waals surface area (Å²) in [5.74, 6) is -0.126. The molecule has 4 nitrogen and oxygen atoms in total. The van der Waals surface area contributed by atoms with Gasteiger partial charge >= 0.3 is 0 Å². The Balaban J connectivity index is 1.77. The van der Waals surface area contributed by atoms with Crippen LogP contribution in [-0.4, -0.2) is 35.0 Å². The lowest BCUT2D eigenvalue weighted by Gasteiger charge is -2.21. The molecule has 22 heavy (non-hydrogen) atoms. The first-order valence-corrected chi connectivity index (χ1v) is 8.21. The largest absolute Gasteiger partial charge is 0.366 e. The van der Waals surface area contributed by atoms with E-state index in [9.17, 15) is 9.59 Å². The van der Waals surface area contributed by atoms with E-state index >= 15 is 0 Å². The summed E-state index contributed by atoms with van der Waals surface area (Å²) < 4.78 is 5.96. The highest BCUT2D eigenvalue weighted by molar-refractivity contribution is 6.21. The van der Waals surface area contributed by atoms with Crippen LogP contribution in [0.15, 0.2) is 24.3 Å². The molecule has 2 aliphatic rings. The van der Waals surface area contributed by atoms with Crippen molar-refractivity contribution in [1.29, 1.82) is 0 Å². The van der Waals surface area contributed by atoms with E-state index in [-0.39, 0.29) is 29.4 Å². The molecular weight excluding hydrogens is 278 g/mol.